The first-order chi connectivity index (χ1) is 12.3. The van der Waals surface area contributed by atoms with E-state index < -0.39 is 5.60 Å². The highest BCUT2D eigenvalue weighted by Gasteiger charge is 2.64. The van der Waals surface area contributed by atoms with Crippen LogP contribution in [0.15, 0.2) is 34.8 Å². The first-order valence-electron chi connectivity index (χ1n) is 10.1. The van der Waals surface area contributed by atoms with Gasteiger partial charge in [-0.3, -0.25) is 0 Å². The number of rotatable bonds is 1. The average Bonchev–Trinajstić information content (AvgIpc) is 2.98. The van der Waals surface area contributed by atoms with Crippen LogP contribution in [0.3, 0.4) is 0 Å². The van der Waals surface area contributed by atoms with Crippen LogP contribution in [0.4, 0.5) is 0 Å². The van der Waals surface area contributed by atoms with Gasteiger partial charge in [0.2, 0.25) is 0 Å². The summed E-state index contributed by atoms with van der Waals surface area (Å²) in [5, 5.41) is 12.1. The second kappa shape index (κ2) is 5.73. The predicted molar refractivity (Wildman–Crippen MR) is 103 cm³/mol. The molecule has 4 aliphatic rings. The number of methoxy groups -OCH3 is 1. The highest BCUT2D eigenvalue weighted by molar-refractivity contribution is 5.41. The van der Waals surface area contributed by atoms with E-state index in [-0.39, 0.29) is 10.8 Å². The van der Waals surface area contributed by atoms with Gasteiger partial charge in [0.25, 0.3) is 0 Å². The molecule has 0 saturated heterocycles. The molecule has 1 N–H and O–H groups in total. The summed E-state index contributed by atoms with van der Waals surface area (Å²) < 4.78 is 5.50. The maximum atomic E-state index is 12.1. The Morgan fingerprint density at radius 3 is 2.69 bits per heavy atom. The van der Waals surface area contributed by atoms with Gasteiger partial charge in [-0.2, -0.15) is 0 Å². The standard InChI is InChI=1S/C23H31NO2/c1-15(24-4)18-8-9-19-20-7-6-16-14-17(26-5)10-11-22(16,3)23(20,25)13-12-21(18,19)2/h6,14,19-20,25H,7-13H2,1-3,5H3/b18-15-/t19-,20-,21+,22-,23+/m0/s1. The second-order valence-corrected chi connectivity index (χ2v) is 9.31. The van der Waals surface area contributed by atoms with Crippen LogP contribution < -0.4 is 0 Å². The Bertz CT molecular complexity index is 770. The van der Waals surface area contributed by atoms with E-state index in [0.717, 1.165) is 56.4 Å². The Morgan fingerprint density at radius 2 is 2.00 bits per heavy atom. The lowest BCUT2D eigenvalue weighted by Gasteiger charge is -2.61. The summed E-state index contributed by atoms with van der Waals surface area (Å²) in [6, 6.07) is 0. The van der Waals surface area contributed by atoms with E-state index in [9.17, 15) is 5.11 Å². The average molecular weight is 354 g/mol. The second-order valence-electron chi connectivity index (χ2n) is 9.31. The van der Waals surface area contributed by atoms with Gasteiger partial charge < -0.3 is 9.84 Å². The van der Waals surface area contributed by atoms with Gasteiger partial charge in [-0.25, -0.2) is 4.85 Å². The van der Waals surface area contributed by atoms with Crippen LogP contribution in [0.5, 0.6) is 0 Å². The Morgan fingerprint density at radius 1 is 1.23 bits per heavy atom. The lowest BCUT2D eigenvalue weighted by atomic mass is 9.46. The molecular weight excluding hydrogens is 322 g/mol. The van der Waals surface area contributed by atoms with Crippen molar-refractivity contribution in [1.82, 2.24) is 0 Å². The number of hydrogen-bond donors (Lipinski definition) is 1. The number of hydrogen-bond acceptors (Lipinski definition) is 2. The molecule has 26 heavy (non-hydrogen) atoms. The third-order valence-corrected chi connectivity index (χ3v) is 8.58. The summed E-state index contributed by atoms with van der Waals surface area (Å²) in [6.07, 6.45) is 11.3. The van der Waals surface area contributed by atoms with E-state index in [1.54, 1.807) is 7.11 Å². The SMILES string of the molecule is [C-]#[N+]/C(C)=C1/CC[C@H]2[C@@H]3CC=C4C=C(OC)CC[C@]4(C)[C@@]3(O)CC[C@]12C. The summed E-state index contributed by atoms with van der Waals surface area (Å²) in [4.78, 5) is 3.76. The van der Waals surface area contributed by atoms with Crippen molar-refractivity contribution < 1.29 is 9.84 Å². The fraction of sp³-hybridized carbons (Fsp3) is 0.696. The van der Waals surface area contributed by atoms with Gasteiger partial charge in [-0.15, -0.1) is 0 Å². The van der Waals surface area contributed by atoms with E-state index in [0.29, 0.717) is 11.8 Å². The topological polar surface area (TPSA) is 33.8 Å². The fourth-order valence-corrected chi connectivity index (χ4v) is 6.87. The molecule has 3 heteroatoms. The monoisotopic (exact) mass is 353 g/mol. The minimum atomic E-state index is -0.640. The molecule has 0 amide bonds. The molecule has 0 aromatic rings. The van der Waals surface area contributed by atoms with E-state index >= 15 is 0 Å². The van der Waals surface area contributed by atoms with Crippen molar-refractivity contribution in [1.29, 1.82) is 0 Å². The number of allylic oxidation sites excluding steroid dienone is 5. The van der Waals surface area contributed by atoms with Gasteiger partial charge in [0.15, 0.2) is 5.70 Å². The van der Waals surface area contributed by atoms with Crippen LogP contribution >= 0.6 is 0 Å². The third kappa shape index (κ3) is 2.09. The first kappa shape index (κ1) is 17.9. The smallest absolute Gasteiger partial charge is 0.162 e. The Hall–Kier alpha value is -1.53. The molecule has 5 atom stereocenters. The molecule has 0 bridgehead atoms. The van der Waals surface area contributed by atoms with Gasteiger partial charge in [-0.1, -0.05) is 25.5 Å². The van der Waals surface area contributed by atoms with E-state index in [4.69, 9.17) is 11.3 Å². The van der Waals surface area contributed by atoms with E-state index in [2.05, 4.69) is 30.8 Å². The largest absolute Gasteiger partial charge is 0.501 e. The van der Waals surface area contributed by atoms with Crippen LogP contribution in [-0.4, -0.2) is 17.8 Å². The molecule has 0 radical (unpaired) electrons. The molecule has 2 fully saturated rings. The summed E-state index contributed by atoms with van der Waals surface area (Å²) in [7, 11) is 1.74. The molecule has 0 aliphatic heterocycles. The quantitative estimate of drug-likeness (QED) is 0.641. The molecule has 0 heterocycles. The van der Waals surface area contributed by atoms with Gasteiger partial charge >= 0.3 is 0 Å². The van der Waals surface area contributed by atoms with Crippen molar-refractivity contribution >= 4 is 0 Å². The minimum Gasteiger partial charge on any atom is -0.501 e. The van der Waals surface area contributed by atoms with Crippen molar-refractivity contribution in [2.24, 2.45) is 22.7 Å². The van der Waals surface area contributed by atoms with Crippen LogP contribution in [0.25, 0.3) is 4.85 Å². The normalized spacial score (nSPS) is 46.2. The number of fused-ring (bicyclic) bond motifs is 5. The lowest BCUT2D eigenvalue weighted by Crippen LogP contribution is -2.61. The van der Waals surface area contributed by atoms with Crippen molar-refractivity contribution in [3.8, 4) is 0 Å². The van der Waals surface area contributed by atoms with E-state index in [1.807, 2.05) is 6.92 Å². The molecule has 2 saturated carbocycles. The third-order valence-electron chi connectivity index (χ3n) is 8.58. The highest BCUT2D eigenvalue weighted by Crippen LogP contribution is 2.67. The molecule has 0 aromatic carbocycles. The Labute approximate surface area is 157 Å². The summed E-state index contributed by atoms with van der Waals surface area (Å²) in [5.74, 6) is 1.81. The molecular formula is C23H31NO2. The Balaban J connectivity index is 1.77. The highest BCUT2D eigenvalue weighted by atomic mass is 16.5. The summed E-state index contributed by atoms with van der Waals surface area (Å²) in [5.41, 5.74) is 2.80. The Kier molecular flexibility index (Phi) is 3.94. The zero-order valence-electron chi connectivity index (χ0n) is 16.6. The maximum Gasteiger partial charge on any atom is 0.162 e. The van der Waals surface area contributed by atoms with Crippen LogP contribution in [-0.2, 0) is 4.74 Å². The van der Waals surface area contributed by atoms with Gasteiger partial charge in [0, 0.05) is 11.8 Å². The number of ether oxygens (including phenoxy) is 1. The first-order valence-corrected chi connectivity index (χ1v) is 10.1. The van der Waals surface area contributed by atoms with Crippen molar-refractivity contribution in [3.63, 3.8) is 0 Å². The zero-order chi connectivity index (χ0) is 18.7. The predicted octanol–water partition coefficient (Wildman–Crippen LogP) is 5.40. The molecule has 3 nitrogen and oxygen atoms in total. The summed E-state index contributed by atoms with van der Waals surface area (Å²) >= 11 is 0. The molecule has 4 aliphatic carbocycles. The molecule has 4 rings (SSSR count). The number of aliphatic hydroxyl groups is 1. The zero-order valence-corrected chi connectivity index (χ0v) is 16.6. The van der Waals surface area contributed by atoms with Gasteiger partial charge in [0.1, 0.15) is 0 Å². The molecule has 0 unspecified atom stereocenters. The van der Waals surface area contributed by atoms with Gasteiger partial charge in [-0.05, 0) is 74.3 Å². The van der Waals surface area contributed by atoms with Crippen molar-refractivity contribution in [2.45, 2.75) is 71.3 Å². The lowest BCUT2D eigenvalue weighted by molar-refractivity contribution is -0.172. The van der Waals surface area contributed by atoms with Crippen LogP contribution in [0.2, 0.25) is 0 Å². The van der Waals surface area contributed by atoms with E-state index in [1.165, 1.54) is 11.1 Å². The summed E-state index contributed by atoms with van der Waals surface area (Å²) in [6.45, 7) is 14.1. The van der Waals surface area contributed by atoms with Crippen molar-refractivity contribution in [3.05, 3.63) is 46.2 Å². The van der Waals surface area contributed by atoms with Crippen molar-refractivity contribution in [2.75, 3.05) is 7.11 Å². The fourth-order valence-electron chi connectivity index (χ4n) is 6.87. The minimum absolute atomic E-state index is 0.0927. The maximum absolute atomic E-state index is 12.1. The van der Waals surface area contributed by atoms with Crippen LogP contribution in [0.1, 0.15) is 65.7 Å². The molecule has 0 aromatic heterocycles. The van der Waals surface area contributed by atoms with Crippen LogP contribution in [0, 0.1) is 29.2 Å². The van der Waals surface area contributed by atoms with Gasteiger partial charge in [0.05, 0.1) is 25.0 Å². The molecule has 140 valence electrons. The number of nitrogens with zero attached hydrogens (tertiary/aromatic N) is 1. The molecule has 0 spiro atoms.